The van der Waals surface area contributed by atoms with Gasteiger partial charge in [-0.1, -0.05) is 13.8 Å². The Hall–Kier alpha value is -0.570. The molecular weight excluding hydrogens is 130 g/mol. The van der Waals surface area contributed by atoms with Gasteiger partial charge in [0.25, 0.3) is 0 Å². The summed E-state index contributed by atoms with van der Waals surface area (Å²) in [6.45, 7) is 6.27. The van der Waals surface area contributed by atoms with Gasteiger partial charge in [0.15, 0.2) is 0 Å². The van der Waals surface area contributed by atoms with E-state index >= 15 is 0 Å². The quantitative estimate of drug-likeness (QED) is 0.562. The number of hydrogen-bond donors (Lipinski definition) is 2. The van der Waals surface area contributed by atoms with E-state index in [-0.39, 0.29) is 12.3 Å². The highest BCUT2D eigenvalue weighted by atomic mass is 16.4. The van der Waals surface area contributed by atoms with E-state index in [1.807, 2.05) is 13.8 Å². The van der Waals surface area contributed by atoms with Crippen molar-refractivity contribution in [3.8, 4) is 0 Å². The topological polar surface area (TPSA) is 59.2 Å². The van der Waals surface area contributed by atoms with Gasteiger partial charge in [-0.15, -0.1) is 0 Å². The van der Waals surface area contributed by atoms with Crippen LogP contribution in [0.1, 0.15) is 20.3 Å². The molecule has 1 aliphatic rings. The molecule has 0 radical (unpaired) electrons. The van der Waals surface area contributed by atoms with E-state index in [9.17, 15) is 4.79 Å². The Bertz CT molecular complexity index is 97.0. The lowest BCUT2D eigenvalue weighted by Gasteiger charge is -1.94. The molecule has 0 amide bonds. The predicted octanol–water partition coefficient (Wildman–Crippen LogP) is 0.707. The Morgan fingerprint density at radius 2 is 2.00 bits per heavy atom. The molecule has 10 heavy (non-hydrogen) atoms. The summed E-state index contributed by atoms with van der Waals surface area (Å²) in [5, 5.41) is 11.1. The molecule has 0 aliphatic carbocycles. The number of nitrogens with one attached hydrogen (secondary N) is 1. The minimum absolute atomic E-state index is 0.275. The molecule has 0 spiro atoms. The van der Waals surface area contributed by atoms with E-state index in [2.05, 4.69) is 5.32 Å². The summed E-state index contributed by atoms with van der Waals surface area (Å²) < 4.78 is 0. The lowest BCUT2D eigenvalue weighted by atomic mass is 10.1. The molecule has 60 valence electrons. The molecule has 0 aromatic heterocycles. The maximum atomic E-state index is 9.81. The Morgan fingerprint density at radius 3 is 2.00 bits per heavy atom. The van der Waals surface area contributed by atoms with Crippen LogP contribution in [0.15, 0.2) is 0 Å². The van der Waals surface area contributed by atoms with Gasteiger partial charge in [-0.05, 0) is 5.92 Å². The maximum Gasteiger partial charge on any atom is 0.303 e. The van der Waals surface area contributed by atoms with Gasteiger partial charge >= 0.3 is 5.97 Å². The van der Waals surface area contributed by atoms with Crippen molar-refractivity contribution in [2.24, 2.45) is 5.92 Å². The second-order valence-electron chi connectivity index (χ2n) is 2.74. The molecule has 3 heteroatoms. The highest BCUT2D eigenvalue weighted by molar-refractivity contribution is 5.66. The van der Waals surface area contributed by atoms with Crippen molar-refractivity contribution in [1.82, 2.24) is 5.32 Å². The van der Waals surface area contributed by atoms with Gasteiger partial charge < -0.3 is 10.4 Å². The van der Waals surface area contributed by atoms with Crippen molar-refractivity contribution in [3.05, 3.63) is 0 Å². The Morgan fingerprint density at radius 1 is 1.60 bits per heavy atom. The Kier molecular flexibility index (Phi) is 4.94. The summed E-state index contributed by atoms with van der Waals surface area (Å²) in [4.78, 5) is 9.81. The minimum atomic E-state index is -0.713. The van der Waals surface area contributed by atoms with Crippen LogP contribution in [0.25, 0.3) is 0 Å². The minimum Gasteiger partial charge on any atom is -0.481 e. The van der Waals surface area contributed by atoms with Crippen LogP contribution in [0.3, 0.4) is 0 Å². The van der Waals surface area contributed by atoms with Gasteiger partial charge in [-0.3, -0.25) is 4.79 Å². The summed E-state index contributed by atoms with van der Waals surface area (Å²) in [6.07, 6.45) is 0.278. The first-order chi connectivity index (χ1) is 4.63. The average Bonchev–Trinajstić information content (AvgIpc) is 2.38. The third kappa shape index (κ3) is 15.7. The third-order valence-electron chi connectivity index (χ3n) is 0.833. The maximum absolute atomic E-state index is 9.81. The third-order valence-corrected chi connectivity index (χ3v) is 0.833. The zero-order chi connectivity index (χ0) is 7.98. The van der Waals surface area contributed by atoms with Gasteiger partial charge in [0.2, 0.25) is 0 Å². The average molecular weight is 145 g/mol. The molecule has 1 saturated heterocycles. The van der Waals surface area contributed by atoms with Crippen molar-refractivity contribution in [3.63, 3.8) is 0 Å². The van der Waals surface area contributed by atoms with Crippen LogP contribution in [0.2, 0.25) is 0 Å². The van der Waals surface area contributed by atoms with E-state index in [0.717, 1.165) is 0 Å². The first kappa shape index (κ1) is 9.43. The van der Waals surface area contributed by atoms with Crippen LogP contribution in [0.5, 0.6) is 0 Å². The van der Waals surface area contributed by atoms with Gasteiger partial charge in [0.05, 0.1) is 0 Å². The SMILES string of the molecule is C1CN1.CC(C)CC(=O)O. The molecule has 2 N–H and O–H groups in total. The van der Waals surface area contributed by atoms with Gasteiger partial charge in [-0.2, -0.15) is 0 Å². The van der Waals surface area contributed by atoms with Crippen LogP contribution >= 0.6 is 0 Å². The first-order valence-corrected chi connectivity index (χ1v) is 3.55. The molecule has 0 aromatic carbocycles. The van der Waals surface area contributed by atoms with E-state index in [4.69, 9.17) is 5.11 Å². The van der Waals surface area contributed by atoms with Crippen molar-refractivity contribution in [2.75, 3.05) is 13.1 Å². The smallest absolute Gasteiger partial charge is 0.303 e. The fourth-order valence-corrected chi connectivity index (χ4v) is 0.349. The number of carboxylic acid groups (broad SMARTS) is 1. The summed E-state index contributed by atoms with van der Waals surface area (Å²) in [5.74, 6) is -0.438. The summed E-state index contributed by atoms with van der Waals surface area (Å²) in [7, 11) is 0. The Labute approximate surface area is 61.4 Å². The fraction of sp³-hybridized carbons (Fsp3) is 0.857. The van der Waals surface area contributed by atoms with Crippen molar-refractivity contribution < 1.29 is 9.90 Å². The van der Waals surface area contributed by atoms with E-state index < -0.39 is 5.97 Å². The summed E-state index contributed by atoms with van der Waals surface area (Å²) >= 11 is 0. The number of carbonyl (C=O) groups is 1. The van der Waals surface area contributed by atoms with Crippen LogP contribution < -0.4 is 5.32 Å². The molecule has 1 heterocycles. The molecule has 0 bridgehead atoms. The van der Waals surface area contributed by atoms with Crippen LogP contribution in [-0.4, -0.2) is 24.2 Å². The standard InChI is InChI=1S/C5H10O2.C2H5N/c1-4(2)3-5(6)7;1-2-3-1/h4H,3H2,1-2H3,(H,6,7);3H,1-2H2. The molecule has 0 unspecified atom stereocenters. The first-order valence-electron chi connectivity index (χ1n) is 3.55. The van der Waals surface area contributed by atoms with Gasteiger partial charge in [-0.25, -0.2) is 0 Å². The molecule has 0 aromatic rings. The van der Waals surface area contributed by atoms with E-state index in [0.29, 0.717) is 0 Å². The fourth-order valence-electron chi connectivity index (χ4n) is 0.349. The summed E-state index contributed by atoms with van der Waals surface area (Å²) in [6, 6.07) is 0. The van der Waals surface area contributed by atoms with Crippen LogP contribution in [0.4, 0.5) is 0 Å². The monoisotopic (exact) mass is 145 g/mol. The molecule has 0 atom stereocenters. The number of rotatable bonds is 2. The van der Waals surface area contributed by atoms with E-state index in [1.54, 1.807) is 0 Å². The lowest BCUT2D eigenvalue weighted by molar-refractivity contribution is -0.137. The van der Waals surface area contributed by atoms with Crippen LogP contribution in [0, 0.1) is 5.92 Å². The zero-order valence-electron chi connectivity index (χ0n) is 6.55. The molecule has 3 nitrogen and oxygen atoms in total. The largest absolute Gasteiger partial charge is 0.481 e. The van der Waals surface area contributed by atoms with Crippen molar-refractivity contribution >= 4 is 5.97 Å². The number of hydrogen-bond acceptors (Lipinski definition) is 2. The summed E-state index contributed by atoms with van der Waals surface area (Å²) in [5.41, 5.74) is 0. The Balaban J connectivity index is 0.000000219. The van der Waals surface area contributed by atoms with Crippen molar-refractivity contribution in [2.45, 2.75) is 20.3 Å². The second-order valence-corrected chi connectivity index (χ2v) is 2.74. The second kappa shape index (κ2) is 5.23. The number of aliphatic carboxylic acids is 1. The van der Waals surface area contributed by atoms with Crippen LogP contribution in [-0.2, 0) is 4.79 Å². The van der Waals surface area contributed by atoms with Crippen molar-refractivity contribution in [1.29, 1.82) is 0 Å². The lowest BCUT2D eigenvalue weighted by Crippen LogP contribution is -1.99. The predicted molar refractivity (Wildman–Crippen MR) is 40.0 cm³/mol. The molecular formula is C7H15NO2. The zero-order valence-corrected chi connectivity index (χ0v) is 6.55. The highest BCUT2D eigenvalue weighted by Crippen LogP contribution is 1.96. The van der Waals surface area contributed by atoms with Gasteiger partial charge in [0, 0.05) is 19.5 Å². The molecule has 1 aliphatic heterocycles. The molecule has 1 rings (SSSR count). The highest BCUT2D eigenvalue weighted by Gasteiger charge is 1.98. The number of carboxylic acids is 1. The molecule has 1 fully saturated rings. The van der Waals surface area contributed by atoms with Gasteiger partial charge in [0.1, 0.15) is 0 Å². The normalized spacial score (nSPS) is 13.9. The van der Waals surface area contributed by atoms with E-state index in [1.165, 1.54) is 13.1 Å². The molecule has 0 saturated carbocycles.